The highest BCUT2D eigenvalue weighted by molar-refractivity contribution is 5.92. The number of nitrogens with one attached hydrogen (secondary N) is 1. The molecule has 1 aliphatic rings. The Bertz CT molecular complexity index is 450. The number of amides is 1. The summed E-state index contributed by atoms with van der Waals surface area (Å²) in [6.07, 6.45) is 5.23. The first-order valence-corrected chi connectivity index (χ1v) is 7.91. The third kappa shape index (κ3) is 4.74. The molecule has 3 N–H and O–H groups in total. The molecule has 1 unspecified atom stereocenters. The van der Waals surface area contributed by atoms with E-state index in [1.165, 1.54) is 0 Å². The predicted molar refractivity (Wildman–Crippen MR) is 85.4 cm³/mol. The molecule has 1 aromatic rings. The molecule has 1 atom stereocenters. The summed E-state index contributed by atoms with van der Waals surface area (Å²) in [6.45, 7) is 3.94. The van der Waals surface area contributed by atoms with Gasteiger partial charge in [0.2, 0.25) is 5.91 Å². The average molecular weight is 290 g/mol. The van der Waals surface area contributed by atoms with Crippen molar-refractivity contribution in [1.82, 2.24) is 0 Å². The van der Waals surface area contributed by atoms with Crippen molar-refractivity contribution >= 4 is 11.6 Å². The van der Waals surface area contributed by atoms with E-state index >= 15 is 0 Å². The monoisotopic (exact) mass is 290 g/mol. The van der Waals surface area contributed by atoms with E-state index in [1.807, 2.05) is 38.1 Å². The molecule has 1 aromatic carbocycles. The summed E-state index contributed by atoms with van der Waals surface area (Å²) in [6, 6.07) is 7.96. The molecular weight excluding hydrogens is 264 g/mol. The molecule has 0 aliphatic heterocycles. The van der Waals surface area contributed by atoms with Crippen LogP contribution in [0.15, 0.2) is 24.3 Å². The van der Waals surface area contributed by atoms with Crippen LogP contribution in [0.4, 0.5) is 5.69 Å². The minimum atomic E-state index is 0.0346. The molecule has 2 rings (SSSR count). The number of ether oxygens (including phenoxy) is 1. The SMILES string of the molecule is CCC(C)C(=O)Nc1ccc(OC2CCC(N)CC2)cc1. The second kappa shape index (κ2) is 7.46. The van der Waals surface area contributed by atoms with Gasteiger partial charge in [-0.25, -0.2) is 0 Å². The zero-order valence-corrected chi connectivity index (χ0v) is 13.0. The lowest BCUT2D eigenvalue weighted by Gasteiger charge is -2.26. The first-order chi connectivity index (χ1) is 10.1. The maximum Gasteiger partial charge on any atom is 0.227 e. The lowest BCUT2D eigenvalue weighted by Crippen LogP contribution is -2.31. The van der Waals surface area contributed by atoms with Crippen LogP contribution < -0.4 is 15.8 Å². The highest BCUT2D eigenvalue weighted by Gasteiger charge is 2.19. The number of benzene rings is 1. The first-order valence-electron chi connectivity index (χ1n) is 7.91. The van der Waals surface area contributed by atoms with E-state index in [9.17, 15) is 4.79 Å². The topological polar surface area (TPSA) is 64.3 Å². The zero-order chi connectivity index (χ0) is 15.2. The molecule has 4 nitrogen and oxygen atoms in total. The summed E-state index contributed by atoms with van der Waals surface area (Å²) in [5.74, 6) is 0.955. The standard InChI is InChI=1S/C17H26N2O2/c1-3-12(2)17(20)19-14-6-10-16(11-7-14)21-15-8-4-13(18)5-9-15/h6-7,10-13,15H,3-5,8-9,18H2,1-2H3,(H,19,20). The summed E-state index contributed by atoms with van der Waals surface area (Å²) >= 11 is 0. The lowest BCUT2D eigenvalue weighted by molar-refractivity contribution is -0.119. The van der Waals surface area contributed by atoms with Gasteiger partial charge in [-0.1, -0.05) is 13.8 Å². The highest BCUT2D eigenvalue weighted by atomic mass is 16.5. The second-order valence-electron chi connectivity index (χ2n) is 5.98. The minimum absolute atomic E-state index is 0.0346. The van der Waals surface area contributed by atoms with E-state index in [0.717, 1.165) is 43.5 Å². The second-order valence-corrected chi connectivity index (χ2v) is 5.98. The summed E-state index contributed by atoms with van der Waals surface area (Å²) in [5, 5.41) is 2.92. The van der Waals surface area contributed by atoms with Crippen LogP contribution in [0.5, 0.6) is 5.75 Å². The fourth-order valence-electron chi connectivity index (χ4n) is 2.47. The quantitative estimate of drug-likeness (QED) is 0.874. The van der Waals surface area contributed by atoms with Crippen molar-refractivity contribution in [2.45, 2.75) is 58.1 Å². The van der Waals surface area contributed by atoms with Gasteiger partial charge >= 0.3 is 0 Å². The van der Waals surface area contributed by atoms with Crippen LogP contribution in [0.2, 0.25) is 0 Å². The molecular formula is C17H26N2O2. The molecule has 0 aromatic heterocycles. The van der Waals surface area contributed by atoms with Gasteiger partial charge in [0.25, 0.3) is 0 Å². The van der Waals surface area contributed by atoms with Gasteiger partial charge in [0, 0.05) is 17.6 Å². The van der Waals surface area contributed by atoms with Crippen LogP contribution >= 0.6 is 0 Å². The van der Waals surface area contributed by atoms with E-state index in [4.69, 9.17) is 10.5 Å². The van der Waals surface area contributed by atoms with Crippen LogP contribution in [0.1, 0.15) is 46.0 Å². The van der Waals surface area contributed by atoms with Gasteiger partial charge in [0.05, 0.1) is 6.10 Å². The minimum Gasteiger partial charge on any atom is -0.490 e. The van der Waals surface area contributed by atoms with Crippen LogP contribution in [0.25, 0.3) is 0 Å². The fraction of sp³-hybridized carbons (Fsp3) is 0.588. The summed E-state index contributed by atoms with van der Waals surface area (Å²) in [5.41, 5.74) is 6.71. The third-order valence-corrected chi connectivity index (χ3v) is 4.20. The summed E-state index contributed by atoms with van der Waals surface area (Å²) in [7, 11) is 0. The van der Waals surface area contributed by atoms with E-state index in [2.05, 4.69) is 5.32 Å². The zero-order valence-electron chi connectivity index (χ0n) is 13.0. The molecule has 1 amide bonds. The molecule has 1 aliphatic carbocycles. The van der Waals surface area contributed by atoms with Gasteiger partial charge in [-0.15, -0.1) is 0 Å². The van der Waals surface area contributed by atoms with Gasteiger partial charge in [0.1, 0.15) is 5.75 Å². The van der Waals surface area contributed by atoms with E-state index in [1.54, 1.807) is 0 Å². The summed E-state index contributed by atoms with van der Waals surface area (Å²) < 4.78 is 5.96. The Labute approximate surface area is 127 Å². The van der Waals surface area contributed by atoms with Crippen molar-refractivity contribution in [2.75, 3.05) is 5.32 Å². The van der Waals surface area contributed by atoms with Gasteiger partial charge in [0.15, 0.2) is 0 Å². The molecule has 4 heteroatoms. The Morgan fingerprint density at radius 1 is 1.29 bits per heavy atom. The number of anilines is 1. The van der Waals surface area contributed by atoms with E-state index in [0.29, 0.717) is 6.04 Å². The number of carbonyl (C=O) groups excluding carboxylic acids is 1. The van der Waals surface area contributed by atoms with Crippen molar-refractivity contribution in [3.05, 3.63) is 24.3 Å². The molecule has 0 radical (unpaired) electrons. The number of carbonyl (C=O) groups is 1. The molecule has 0 bridgehead atoms. The predicted octanol–water partition coefficient (Wildman–Crippen LogP) is 3.32. The molecule has 1 fully saturated rings. The third-order valence-electron chi connectivity index (χ3n) is 4.20. The molecule has 21 heavy (non-hydrogen) atoms. The lowest BCUT2D eigenvalue weighted by atomic mass is 9.94. The maximum atomic E-state index is 11.8. The van der Waals surface area contributed by atoms with Crippen molar-refractivity contribution < 1.29 is 9.53 Å². The van der Waals surface area contributed by atoms with Gasteiger partial charge in [-0.05, 0) is 56.4 Å². The van der Waals surface area contributed by atoms with Crippen molar-refractivity contribution in [1.29, 1.82) is 0 Å². The van der Waals surface area contributed by atoms with Crippen LogP contribution in [0.3, 0.4) is 0 Å². The van der Waals surface area contributed by atoms with Crippen molar-refractivity contribution in [2.24, 2.45) is 11.7 Å². The van der Waals surface area contributed by atoms with Gasteiger partial charge in [-0.3, -0.25) is 4.79 Å². The maximum absolute atomic E-state index is 11.8. The Morgan fingerprint density at radius 2 is 1.90 bits per heavy atom. The number of rotatable bonds is 5. The van der Waals surface area contributed by atoms with E-state index < -0.39 is 0 Å². The van der Waals surface area contributed by atoms with E-state index in [-0.39, 0.29) is 17.9 Å². The Kier molecular flexibility index (Phi) is 5.62. The molecule has 0 saturated heterocycles. The van der Waals surface area contributed by atoms with Crippen LogP contribution in [0, 0.1) is 5.92 Å². The Hall–Kier alpha value is -1.55. The van der Waals surface area contributed by atoms with Crippen LogP contribution in [-0.2, 0) is 4.79 Å². The van der Waals surface area contributed by atoms with Crippen molar-refractivity contribution in [3.8, 4) is 5.75 Å². The van der Waals surface area contributed by atoms with Crippen molar-refractivity contribution in [3.63, 3.8) is 0 Å². The number of hydrogen-bond acceptors (Lipinski definition) is 3. The summed E-state index contributed by atoms with van der Waals surface area (Å²) in [4.78, 5) is 11.8. The molecule has 1 saturated carbocycles. The van der Waals surface area contributed by atoms with Gasteiger partial charge < -0.3 is 15.8 Å². The molecule has 0 spiro atoms. The molecule has 116 valence electrons. The smallest absolute Gasteiger partial charge is 0.227 e. The number of hydrogen-bond donors (Lipinski definition) is 2. The number of nitrogens with two attached hydrogens (primary N) is 1. The molecule has 0 heterocycles. The van der Waals surface area contributed by atoms with Crippen LogP contribution in [-0.4, -0.2) is 18.1 Å². The Balaban J connectivity index is 1.85. The Morgan fingerprint density at radius 3 is 2.48 bits per heavy atom. The average Bonchev–Trinajstić information content (AvgIpc) is 2.50. The normalized spacial score (nSPS) is 23.4. The van der Waals surface area contributed by atoms with Gasteiger partial charge in [-0.2, -0.15) is 0 Å². The fourth-order valence-corrected chi connectivity index (χ4v) is 2.47. The first kappa shape index (κ1) is 15.8. The largest absolute Gasteiger partial charge is 0.490 e. The highest BCUT2D eigenvalue weighted by Crippen LogP contribution is 2.24.